The molecule has 1 aliphatic heterocycles. The Morgan fingerprint density at radius 2 is 1.82 bits per heavy atom. The van der Waals surface area contributed by atoms with Crippen molar-refractivity contribution in [3.63, 3.8) is 0 Å². The van der Waals surface area contributed by atoms with Gasteiger partial charge < -0.3 is 15.4 Å². The van der Waals surface area contributed by atoms with Gasteiger partial charge in [0.25, 0.3) is 5.91 Å². The van der Waals surface area contributed by atoms with E-state index in [0.717, 1.165) is 5.56 Å². The number of hydrogen-bond donors (Lipinski definition) is 1. The number of hydrogen-bond acceptors (Lipinski definition) is 4. The van der Waals surface area contributed by atoms with E-state index in [9.17, 15) is 9.59 Å². The van der Waals surface area contributed by atoms with Gasteiger partial charge in [0.15, 0.2) is 6.61 Å². The molecule has 1 aliphatic rings. The molecular weight excluding hydrogens is 282 g/mol. The molecule has 0 atom stereocenters. The lowest BCUT2D eigenvalue weighted by Crippen LogP contribution is -2.51. The average molecular weight is 305 g/mol. The predicted octanol–water partition coefficient (Wildman–Crippen LogP) is 0.312. The van der Waals surface area contributed by atoms with E-state index in [4.69, 9.17) is 10.5 Å². The number of aryl methyl sites for hydroxylation is 2. The van der Waals surface area contributed by atoms with E-state index in [1.165, 1.54) is 5.56 Å². The number of nitrogens with two attached hydrogens (primary N) is 1. The smallest absolute Gasteiger partial charge is 0.260 e. The standard InChI is InChI=1S/C16H23N3O3/c1-12-3-4-14(9-13(12)2)22-11-16(21)19-7-5-18(6-8-19)10-15(17)20/h3-4,9H,5-8,10-11H2,1-2H3,(H2,17,20). The first kappa shape index (κ1) is 16.3. The van der Waals surface area contributed by atoms with Crippen molar-refractivity contribution in [2.24, 2.45) is 5.73 Å². The molecule has 2 N–H and O–H groups in total. The molecule has 0 unspecified atom stereocenters. The molecule has 0 saturated carbocycles. The lowest BCUT2D eigenvalue weighted by Gasteiger charge is -2.33. The topological polar surface area (TPSA) is 75.9 Å². The molecule has 0 radical (unpaired) electrons. The molecule has 1 saturated heterocycles. The van der Waals surface area contributed by atoms with Gasteiger partial charge in [-0.3, -0.25) is 14.5 Å². The second-order valence-corrected chi connectivity index (χ2v) is 5.66. The van der Waals surface area contributed by atoms with Crippen LogP contribution in [0.4, 0.5) is 0 Å². The Kier molecular flexibility index (Phi) is 5.38. The van der Waals surface area contributed by atoms with E-state index >= 15 is 0 Å². The Labute approximate surface area is 130 Å². The molecule has 22 heavy (non-hydrogen) atoms. The van der Waals surface area contributed by atoms with Gasteiger partial charge in [-0.15, -0.1) is 0 Å². The minimum absolute atomic E-state index is 0.0306. The number of carbonyl (C=O) groups is 2. The summed E-state index contributed by atoms with van der Waals surface area (Å²) in [6.07, 6.45) is 0. The number of benzene rings is 1. The third kappa shape index (κ3) is 4.46. The zero-order valence-electron chi connectivity index (χ0n) is 13.2. The van der Waals surface area contributed by atoms with Crippen molar-refractivity contribution >= 4 is 11.8 Å². The summed E-state index contributed by atoms with van der Waals surface area (Å²) in [5, 5.41) is 0. The van der Waals surface area contributed by atoms with E-state index in [-0.39, 0.29) is 25.0 Å². The summed E-state index contributed by atoms with van der Waals surface area (Å²) in [5.41, 5.74) is 7.51. The Morgan fingerprint density at radius 1 is 1.14 bits per heavy atom. The van der Waals surface area contributed by atoms with Gasteiger partial charge in [0.2, 0.25) is 5.91 Å². The van der Waals surface area contributed by atoms with Crippen molar-refractivity contribution in [1.82, 2.24) is 9.80 Å². The Bertz CT molecular complexity index is 552. The number of carbonyl (C=O) groups excluding carboxylic acids is 2. The van der Waals surface area contributed by atoms with Crippen LogP contribution in [0.2, 0.25) is 0 Å². The molecule has 6 heteroatoms. The number of ether oxygens (including phenoxy) is 1. The molecule has 0 spiro atoms. The normalized spacial score (nSPS) is 15.6. The SMILES string of the molecule is Cc1ccc(OCC(=O)N2CCN(CC(N)=O)CC2)cc1C. The Morgan fingerprint density at radius 3 is 2.41 bits per heavy atom. The molecule has 0 aromatic heterocycles. The minimum atomic E-state index is -0.335. The van der Waals surface area contributed by atoms with Gasteiger partial charge in [-0.25, -0.2) is 0 Å². The van der Waals surface area contributed by atoms with Crippen LogP contribution >= 0.6 is 0 Å². The molecule has 1 aromatic rings. The summed E-state index contributed by atoms with van der Waals surface area (Å²) < 4.78 is 5.57. The fraction of sp³-hybridized carbons (Fsp3) is 0.500. The van der Waals surface area contributed by atoms with Crippen LogP contribution in [0, 0.1) is 13.8 Å². The highest BCUT2D eigenvalue weighted by Gasteiger charge is 2.22. The second-order valence-electron chi connectivity index (χ2n) is 5.66. The molecule has 6 nitrogen and oxygen atoms in total. The summed E-state index contributed by atoms with van der Waals surface area (Å²) in [5.74, 6) is 0.346. The molecule has 1 aromatic carbocycles. The number of primary amides is 1. The van der Waals surface area contributed by atoms with Crippen molar-refractivity contribution < 1.29 is 14.3 Å². The van der Waals surface area contributed by atoms with Crippen molar-refractivity contribution in [3.05, 3.63) is 29.3 Å². The third-order valence-corrected chi connectivity index (χ3v) is 3.95. The monoisotopic (exact) mass is 305 g/mol. The van der Waals surface area contributed by atoms with Gasteiger partial charge in [-0.05, 0) is 37.1 Å². The Balaban J connectivity index is 1.78. The van der Waals surface area contributed by atoms with Crippen LogP contribution in [0.5, 0.6) is 5.75 Å². The second kappa shape index (κ2) is 7.26. The first-order valence-electron chi connectivity index (χ1n) is 7.44. The van der Waals surface area contributed by atoms with Crippen molar-refractivity contribution in [2.45, 2.75) is 13.8 Å². The van der Waals surface area contributed by atoms with Gasteiger partial charge in [0.1, 0.15) is 5.75 Å². The van der Waals surface area contributed by atoms with E-state index in [1.807, 2.05) is 36.9 Å². The highest BCUT2D eigenvalue weighted by atomic mass is 16.5. The molecular formula is C16H23N3O3. The molecule has 120 valence electrons. The summed E-state index contributed by atoms with van der Waals surface area (Å²) in [7, 11) is 0. The average Bonchev–Trinajstić information content (AvgIpc) is 2.48. The first-order chi connectivity index (χ1) is 10.5. The van der Waals surface area contributed by atoms with Crippen LogP contribution in [-0.2, 0) is 9.59 Å². The maximum absolute atomic E-state index is 12.1. The quantitative estimate of drug-likeness (QED) is 0.849. The van der Waals surface area contributed by atoms with Crippen LogP contribution < -0.4 is 10.5 Å². The summed E-state index contributed by atoms with van der Waals surface area (Å²) in [6.45, 7) is 6.87. The molecule has 2 amide bonds. The van der Waals surface area contributed by atoms with Crippen molar-refractivity contribution in [1.29, 1.82) is 0 Å². The lowest BCUT2D eigenvalue weighted by molar-refractivity contribution is -0.135. The number of amides is 2. The summed E-state index contributed by atoms with van der Waals surface area (Å²) in [6, 6.07) is 5.80. The van der Waals surface area contributed by atoms with Crippen LogP contribution in [0.15, 0.2) is 18.2 Å². The minimum Gasteiger partial charge on any atom is -0.484 e. The largest absolute Gasteiger partial charge is 0.484 e. The number of piperazine rings is 1. The van der Waals surface area contributed by atoms with Gasteiger partial charge in [-0.1, -0.05) is 6.07 Å². The van der Waals surface area contributed by atoms with Gasteiger partial charge in [0.05, 0.1) is 6.54 Å². The molecule has 0 bridgehead atoms. The zero-order chi connectivity index (χ0) is 16.1. The van der Waals surface area contributed by atoms with Crippen molar-refractivity contribution in [2.75, 3.05) is 39.3 Å². The van der Waals surface area contributed by atoms with Gasteiger partial charge in [-0.2, -0.15) is 0 Å². The van der Waals surface area contributed by atoms with Gasteiger partial charge >= 0.3 is 0 Å². The maximum Gasteiger partial charge on any atom is 0.260 e. The van der Waals surface area contributed by atoms with Crippen LogP contribution in [-0.4, -0.2) is 60.9 Å². The van der Waals surface area contributed by atoms with Crippen LogP contribution in [0.25, 0.3) is 0 Å². The number of rotatable bonds is 5. The number of nitrogens with zero attached hydrogens (tertiary/aromatic N) is 2. The Hall–Kier alpha value is -2.08. The summed E-state index contributed by atoms with van der Waals surface area (Å²) >= 11 is 0. The summed E-state index contributed by atoms with van der Waals surface area (Å²) in [4.78, 5) is 26.7. The maximum atomic E-state index is 12.1. The molecule has 1 fully saturated rings. The van der Waals surface area contributed by atoms with E-state index < -0.39 is 0 Å². The highest BCUT2D eigenvalue weighted by molar-refractivity contribution is 5.78. The predicted molar refractivity (Wildman–Crippen MR) is 83.6 cm³/mol. The van der Waals surface area contributed by atoms with Gasteiger partial charge in [0, 0.05) is 26.2 Å². The third-order valence-electron chi connectivity index (χ3n) is 3.95. The van der Waals surface area contributed by atoms with E-state index in [0.29, 0.717) is 31.9 Å². The van der Waals surface area contributed by atoms with E-state index in [1.54, 1.807) is 4.90 Å². The van der Waals surface area contributed by atoms with Crippen LogP contribution in [0.1, 0.15) is 11.1 Å². The molecule has 2 rings (SSSR count). The fourth-order valence-electron chi connectivity index (χ4n) is 2.42. The van der Waals surface area contributed by atoms with Crippen molar-refractivity contribution in [3.8, 4) is 5.75 Å². The van der Waals surface area contributed by atoms with E-state index in [2.05, 4.69) is 0 Å². The molecule has 1 heterocycles. The zero-order valence-corrected chi connectivity index (χ0v) is 13.2. The fourth-order valence-corrected chi connectivity index (χ4v) is 2.42. The lowest BCUT2D eigenvalue weighted by atomic mass is 10.1. The first-order valence-corrected chi connectivity index (χ1v) is 7.44. The highest BCUT2D eigenvalue weighted by Crippen LogP contribution is 2.16. The van der Waals surface area contributed by atoms with Crippen LogP contribution in [0.3, 0.4) is 0 Å². The molecule has 0 aliphatic carbocycles.